The van der Waals surface area contributed by atoms with Gasteiger partial charge in [-0.25, -0.2) is 9.38 Å². The first-order valence-electron chi connectivity index (χ1n) is 8.85. The van der Waals surface area contributed by atoms with Crippen LogP contribution < -0.4 is 5.43 Å². The van der Waals surface area contributed by atoms with E-state index in [1.54, 1.807) is 24.5 Å². The number of amidine groups is 1. The Morgan fingerprint density at radius 1 is 0.963 bits per heavy atom. The van der Waals surface area contributed by atoms with E-state index >= 15 is 0 Å². The Balaban J connectivity index is 1.88. The van der Waals surface area contributed by atoms with E-state index in [4.69, 9.17) is 4.99 Å². The van der Waals surface area contributed by atoms with Crippen molar-refractivity contribution in [2.45, 2.75) is 19.8 Å². The van der Waals surface area contributed by atoms with Crippen LogP contribution in [0.5, 0.6) is 0 Å². The lowest BCUT2D eigenvalue weighted by Gasteiger charge is -2.11. The van der Waals surface area contributed by atoms with Crippen molar-refractivity contribution in [3.05, 3.63) is 95.1 Å². The standard InChI is InChI=1S/C22H19FN4/c1-14(2)16-7-10-20-19(12-16)21(17-4-3-11-24-13-17)26-27-22(25-20)15-5-8-18(23)9-6-15/h3-14H,1-2H3,(H,25,27). The number of halogens is 1. The number of hydrazone groups is 1. The van der Waals surface area contributed by atoms with Gasteiger partial charge in [-0.15, -0.1) is 0 Å². The average Bonchev–Trinajstić information content (AvgIpc) is 2.88. The maximum Gasteiger partial charge on any atom is 0.154 e. The molecule has 134 valence electrons. The van der Waals surface area contributed by atoms with E-state index in [9.17, 15) is 4.39 Å². The van der Waals surface area contributed by atoms with Gasteiger partial charge in [0.1, 0.15) is 11.5 Å². The Labute approximate surface area is 157 Å². The third kappa shape index (κ3) is 3.49. The van der Waals surface area contributed by atoms with Crippen molar-refractivity contribution in [2.75, 3.05) is 0 Å². The molecular formula is C22H19FN4. The summed E-state index contributed by atoms with van der Waals surface area (Å²) in [6, 6.07) is 16.3. The second kappa shape index (κ2) is 7.11. The maximum atomic E-state index is 13.3. The number of nitrogens with zero attached hydrogens (tertiary/aromatic N) is 3. The fourth-order valence-corrected chi connectivity index (χ4v) is 2.97. The molecular weight excluding hydrogens is 339 g/mol. The molecule has 0 unspecified atom stereocenters. The normalized spacial score (nSPS) is 13.3. The molecule has 0 radical (unpaired) electrons. The summed E-state index contributed by atoms with van der Waals surface area (Å²) in [7, 11) is 0. The molecule has 0 fully saturated rings. The Hall–Kier alpha value is -3.34. The Morgan fingerprint density at radius 3 is 2.48 bits per heavy atom. The summed E-state index contributed by atoms with van der Waals surface area (Å²) in [5.74, 6) is 0.684. The molecule has 2 aromatic carbocycles. The van der Waals surface area contributed by atoms with Crippen LogP contribution in [0, 0.1) is 5.82 Å². The zero-order valence-corrected chi connectivity index (χ0v) is 15.1. The molecule has 1 aliphatic heterocycles. The summed E-state index contributed by atoms with van der Waals surface area (Å²) in [4.78, 5) is 8.98. The molecule has 0 atom stereocenters. The van der Waals surface area contributed by atoms with Gasteiger partial charge < -0.3 is 0 Å². The van der Waals surface area contributed by atoms with Crippen LogP contribution in [0.4, 0.5) is 10.1 Å². The summed E-state index contributed by atoms with van der Waals surface area (Å²) in [6.07, 6.45) is 3.52. The number of benzene rings is 2. The lowest BCUT2D eigenvalue weighted by molar-refractivity contribution is 0.627. The Morgan fingerprint density at radius 2 is 1.78 bits per heavy atom. The van der Waals surface area contributed by atoms with Gasteiger partial charge in [-0.2, -0.15) is 5.10 Å². The van der Waals surface area contributed by atoms with E-state index in [1.165, 1.54) is 17.7 Å². The molecule has 1 aliphatic rings. The van der Waals surface area contributed by atoms with E-state index in [2.05, 4.69) is 41.5 Å². The van der Waals surface area contributed by atoms with Gasteiger partial charge in [-0.3, -0.25) is 10.4 Å². The summed E-state index contributed by atoms with van der Waals surface area (Å²) >= 11 is 0. The zero-order valence-electron chi connectivity index (χ0n) is 15.1. The number of hydrogen-bond donors (Lipinski definition) is 1. The van der Waals surface area contributed by atoms with Gasteiger partial charge in [0.25, 0.3) is 0 Å². The van der Waals surface area contributed by atoms with Gasteiger partial charge >= 0.3 is 0 Å². The van der Waals surface area contributed by atoms with Gasteiger partial charge in [0, 0.05) is 29.1 Å². The molecule has 5 heteroatoms. The molecule has 0 saturated heterocycles. The van der Waals surface area contributed by atoms with Crippen molar-refractivity contribution in [1.82, 2.24) is 10.4 Å². The van der Waals surface area contributed by atoms with Crippen LogP contribution in [0.1, 0.15) is 42.0 Å². The molecule has 3 aromatic rings. The second-order valence-electron chi connectivity index (χ2n) is 6.71. The molecule has 0 aliphatic carbocycles. The minimum atomic E-state index is -0.283. The van der Waals surface area contributed by atoms with Crippen LogP contribution in [0.3, 0.4) is 0 Å². The SMILES string of the molecule is CC(C)c1ccc2c(c1)C(c1cccnc1)=NNC(c1ccc(F)cc1)=N2. The third-order valence-electron chi connectivity index (χ3n) is 4.50. The van der Waals surface area contributed by atoms with Crippen molar-refractivity contribution in [3.8, 4) is 0 Å². The van der Waals surface area contributed by atoms with E-state index in [1.807, 2.05) is 18.2 Å². The van der Waals surface area contributed by atoms with Gasteiger partial charge in [-0.05, 0) is 60.0 Å². The lowest BCUT2D eigenvalue weighted by Crippen LogP contribution is -2.19. The summed E-state index contributed by atoms with van der Waals surface area (Å²) in [5.41, 5.74) is 8.47. The van der Waals surface area contributed by atoms with E-state index < -0.39 is 0 Å². The molecule has 27 heavy (non-hydrogen) atoms. The molecule has 4 rings (SSSR count). The Kier molecular flexibility index (Phi) is 4.50. The molecule has 2 heterocycles. The molecule has 0 spiro atoms. The smallest absolute Gasteiger partial charge is 0.154 e. The van der Waals surface area contributed by atoms with Crippen molar-refractivity contribution < 1.29 is 4.39 Å². The van der Waals surface area contributed by atoms with Crippen LogP contribution in [-0.4, -0.2) is 16.5 Å². The van der Waals surface area contributed by atoms with Crippen LogP contribution in [0.25, 0.3) is 0 Å². The molecule has 0 amide bonds. The van der Waals surface area contributed by atoms with Crippen molar-refractivity contribution in [1.29, 1.82) is 0 Å². The third-order valence-corrected chi connectivity index (χ3v) is 4.50. The first-order chi connectivity index (χ1) is 13.1. The van der Waals surface area contributed by atoms with Crippen molar-refractivity contribution in [2.24, 2.45) is 10.1 Å². The number of fused-ring (bicyclic) bond motifs is 1. The molecule has 0 saturated carbocycles. The molecule has 1 aromatic heterocycles. The van der Waals surface area contributed by atoms with Crippen LogP contribution in [0.2, 0.25) is 0 Å². The van der Waals surface area contributed by atoms with Crippen LogP contribution in [-0.2, 0) is 0 Å². The summed E-state index contributed by atoms with van der Waals surface area (Å²) in [5, 5.41) is 4.62. The topological polar surface area (TPSA) is 49.6 Å². The molecule has 0 bridgehead atoms. The summed E-state index contributed by atoms with van der Waals surface area (Å²) < 4.78 is 13.3. The van der Waals surface area contributed by atoms with Crippen molar-refractivity contribution >= 4 is 17.2 Å². The van der Waals surface area contributed by atoms with E-state index in [-0.39, 0.29) is 5.82 Å². The number of nitrogens with one attached hydrogen (secondary N) is 1. The van der Waals surface area contributed by atoms with Gasteiger partial charge in [0.05, 0.1) is 5.69 Å². The van der Waals surface area contributed by atoms with Gasteiger partial charge in [0.2, 0.25) is 0 Å². The second-order valence-corrected chi connectivity index (χ2v) is 6.71. The fraction of sp³-hybridized carbons (Fsp3) is 0.136. The largest absolute Gasteiger partial charge is 0.264 e. The van der Waals surface area contributed by atoms with Gasteiger partial charge in [-0.1, -0.05) is 19.9 Å². The quantitative estimate of drug-likeness (QED) is 0.733. The monoisotopic (exact) mass is 358 g/mol. The first kappa shape index (κ1) is 17.1. The minimum absolute atomic E-state index is 0.283. The number of aliphatic imine (C=N–C) groups is 1. The number of rotatable bonds is 3. The highest BCUT2D eigenvalue weighted by Gasteiger charge is 2.18. The minimum Gasteiger partial charge on any atom is -0.264 e. The highest BCUT2D eigenvalue weighted by Crippen LogP contribution is 2.29. The molecule has 1 N–H and O–H groups in total. The predicted octanol–water partition coefficient (Wildman–Crippen LogP) is 4.78. The maximum absolute atomic E-state index is 13.3. The van der Waals surface area contributed by atoms with Gasteiger partial charge in [0.15, 0.2) is 5.84 Å². The summed E-state index contributed by atoms with van der Waals surface area (Å²) in [6.45, 7) is 4.32. The van der Waals surface area contributed by atoms with Crippen molar-refractivity contribution in [3.63, 3.8) is 0 Å². The van der Waals surface area contributed by atoms with Crippen LogP contribution in [0.15, 0.2) is 77.1 Å². The predicted molar refractivity (Wildman–Crippen MR) is 106 cm³/mol. The van der Waals surface area contributed by atoms with Crippen LogP contribution >= 0.6 is 0 Å². The average molecular weight is 358 g/mol. The first-order valence-corrected chi connectivity index (χ1v) is 8.85. The number of aromatic nitrogens is 1. The molecule has 4 nitrogen and oxygen atoms in total. The lowest BCUT2D eigenvalue weighted by atomic mass is 9.95. The fourth-order valence-electron chi connectivity index (χ4n) is 2.97. The highest BCUT2D eigenvalue weighted by atomic mass is 19.1. The number of pyridine rings is 1. The van der Waals surface area contributed by atoms with E-state index in [0.29, 0.717) is 11.8 Å². The Bertz CT molecular complexity index is 1020. The zero-order chi connectivity index (χ0) is 18.8. The van der Waals surface area contributed by atoms with E-state index in [0.717, 1.165) is 28.1 Å². The number of hydrogen-bond acceptors (Lipinski definition) is 4. The highest BCUT2D eigenvalue weighted by molar-refractivity contribution is 6.17.